The lowest BCUT2D eigenvalue weighted by Gasteiger charge is -2.06. The molecule has 0 saturated carbocycles. The third-order valence-electron chi connectivity index (χ3n) is 3.42. The highest BCUT2D eigenvalue weighted by atomic mass is 32.2. The van der Waals surface area contributed by atoms with Gasteiger partial charge in [0.2, 0.25) is 0 Å². The Kier molecular flexibility index (Phi) is 5.06. The number of carboxylic acid groups (broad SMARTS) is 1. The number of unbranched alkanes of at least 4 members (excludes halogenated alkanes) is 2. The number of carboxylic acids is 1. The van der Waals surface area contributed by atoms with Crippen LogP contribution in [-0.2, 0) is 6.54 Å². The van der Waals surface area contributed by atoms with Gasteiger partial charge in [-0.2, -0.15) is 11.8 Å². The lowest BCUT2D eigenvalue weighted by atomic mass is 10.2. The zero-order valence-corrected chi connectivity index (χ0v) is 12.7. The van der Waals surface area contributed by atoms with Crippen molar-refractivity contribution in [2.24, 2.45) is 0 Å². The van der Waals surface area contributed by atoms with Crippen molar-refractivity contribution in [1.29, 1.82) is 0 Å². The van der Waals surface area contributed by atoms with Crippen LogP contribution in [0.2, 0.25) is 0 Å². The molecule has 0 fully saturated rings. The van der Waals surface area contributed by atoms with Crippen LogP contribution in [-0.4, -0.2) is 32.6 Å². The molecular weight excluding hydrogens is 272 g/mol. The molecule has 1 heterocycles. The topological polar surface area (TPSA) is 55.1 Å². The van der Waals surface area contributed by atoms with Gasteiger partial charge < -0.3 is 9.67 Å². The van der Waals surface area contributed by atoms with Crippen LogP contribution in [0.1, 0.15) is 35.4 Å². The number of benzene rings is 1. The molecule has 0 aliphatic carbocycles. The zero-order valence-electron chi connectivity index (χ0n) is 11.9. The minimum absolute atomic E-state index is 0.294. The van der Waals surface area contributed by atoms with Crippen molar-refractivity contribution in [3.8, 4) is 0 Å². The van der Waals surface area contributed by atoms with Crippen molar-refractivity contribution in [2.45, 2.75) is 32.7 Å². The first-order valence-electron chi connectivity index (χ1n) is 6.82. The molecule has 0 atom stereocenters. The summed E-state index contributed by atoms with van der Waals surface area (Å²) >= 11 is 1.88. The smallest absolute Gasteiger partial charge is 0.335 e. The predicted octanol–water partition coefficient (Wildman–Crippen LogP) is 3.58. The quantitative estimate of drug-likeness (QED) is 0.793. The maximum Gasteiger partial charge on any atom is 0.335 e. The Balaban J connectivity index is 2.13. The molecule has 1 N–H and O–H groups in total. The molecule has 2 aromatic rings. The molecule has 0 amide bonds. The molecule has 0 radical (unpaired) electrons. The number of aromatic carboxylic acids is 1. The fraction of sp³-hybridized carbons (Fsp3) is 0.467. The number of thioether (sulfide) groups is 1. The highest BCUT2D eigenvalue weighted by Gasteiger charge is 2.10. The van der Waals surface area contributed by atoms with E-state index in [1.807, 2.05) is 24.8 Å². The van der Waals surface area contributed by atoms with Crippen molar-refractivity contribution >= 4 is 28.8 Å². The summed E-state index contributed by atoms with van der Waals surface area (Å²) in [7, 11) is 0. The molecule has 5 heteroatoms. The van der Waals surface area contributed by atoms with Gasteiger partial charge in [0.05, 0.1) is 16.6 Å². The molecule has 1 aromatic heterocycles. The van der Waals surface area contributed by atoms with E-state index < -0.39 is 5.97 Å². The highest BCUT2D eigenvalue weighted by Crippen LogP contribution is 2.19. The van der Waals surface area contributed by atoms with Gasteiger partial charge in [-0.3, -0.25) is 0 Å². The number of aryl methyl sites for hydroxylation is 2. The minimum atomic E-state index is -0.906. The number of fused-ring (bicyclic) bond motifs is 1. The van der Waals surface area contributed by atoms with Crippen LogP contribution in [0.5, 0.6) is 0 Å². The maximum absolute atomic E-state index is 11.0. The Morgan fingerprint density at radius 1 is 1.35 bits per heavy atom. The molecule has 0 bridgehead atoms. The largest absolute Gasteiger partial charge is 0.478 e. The fourth-order valence-corrected chi connectivity index (χ4v) is 2.85. The van der Waals surface area contributed by atoms with E-state index in [-0.39, 0.29) is 0 Å². The first-order chi connectivity index (χ1) is 9.63. The molecule has 0 aliphatic heterocycles. The van der Waals surface area contributed by atoms with Gasteiger partial charge in [0.25, 0.3) is 0 Å². The van der Waals surface area contributed by atoms with Gasteiger partial charge in [-0.25, -0.2) is 9.78 Å². The third-order valence-corrected chi connectivity index (χ3v) is 4.11. The standard InChI is InChI=1S/C15H20N2O2S/c1-11-16-13-10-12(15(18)19)6-7-14(13)17(11)8-4-3-5-9-20-2/h6-7,10H,3-5,8-9H2,1-2H3,(H,18,19). The lowest BCUT2D eigenvalue weighted by molar-refractivity contribution is 0.0697. The summed E-state index contributed by atoms with van der Waals surface area (Å²) in [6.07, 6.45) is 5.73. The summed E-state index contributed by atoms with van der Waals surface area (Å²) < 4.78 is 2.18. The Bertz CT molecular complexity index is 607. The summed E-state index contributed by atoms with van der Waals surface area (Å²) in [4.78, 5) is 15.4. The van der Waals surface area contributed by atoms with Gasteiger partial charge >= 0.3 is 5.97 Å². The summed E-state index contributed by atoms with van der Waals surface area (Å²) in [5.74, 6) is 1.26. The average molecular weight is 292 g/mol. The Hall–Kier alpha value is -1.49. The molecule has 2 rings (SSSR count). The highest BCUT2D eigenvalue weighted by molar-refractivity contribution is 7.98. The van der Waals surface area contributed by atoms with Gasteiger partial charge in [0, 0.05) is 6.54 Å². The van der Waals surface area contributed by atoms with Crippen molar-refractivity contribution in [3.63, 3.8) is 0 Å². The number of imidazole rings is 1. The normalized spacial score (nSPS) is 11.1. The fourth-order valence-electron chi connectivity index (χ4n) is 2.36. The van der Waals surface area contributed by atoms with Gasteiger partial charge in [0.1, 0.15) is 5.82 Å². The third kappa shape index (κ3) is 3.33. The van der Waals surface area contributed by atoms with Gasteiger partial charge in [-0.15, -0.1) is 0 Å². The van der Waals surface area contributed by atoms with E-state index in [1.54, 1.807) is 12.1 Å². The van der Waals surface area contributed by atoms with E-state index in [0.717, 1.165) is 29.8 Å². The number of hydrogen-bond donors (Lipinski definition) is 1. The molecule has 0 unspecified atom stereocenters. The zero-order chi connectivity index (χ0) is 14.5. The predicted molar refractivity (Wildman–Crippen MR) is 83.7 cm³/mol. The van der Waals surface area contributed by atoms with Crippen LogP contribution in [0.25, 0.3) is 11.0 Å². The first-order valence-corrected chi connectivity index (χ1v) is 8.22. The van der Waals surface area contributed by atoms with Crippen molar-refractivity contribution in [1.82, 2.24) is 9.55 Å². The van der Waals surface area contributed by atoms with Crippen LogP contribution in [0, 0.1) is 6.92 Å². The van der Waals surface area contributed by atoms with Gasteiger partial charge in [-0.1, -0.05) is 6.42 Å². The summed E-state index contributed by atoms with van der Waals surface area (Å²) in [6.45, 7) is 2.92. The Labute approximate surface area is 123 Å². The van der Waals surface area contributed by atoms with E-state index in [4.69, 9.17) is 5.11 Å². The van der Waals surface area contributed by atoms with Crippen molar-refractivity contribution in [2.75, 3.05) is 12.0 Å². The van der Waals surface area contributed by atoms with Crippen LogP contribution in [0.15, 0.2) is 18.2 Å². The number of aromatic nitrogens is 2. The Morgan fingerprint density at radius 3 is 2.85 bits per heavy atom. The second-order valence-corrected chi connectivity index (χ2v) is 5.86. The summed E-state index contributed by atoms with van der Waals surface area (Å²) in [6, 6.07) is 5.16. The molecule has 1 aromatic carbocycles. The van der Waals surface area contributed by atoms with E-state index in [2.05, 4.69) is 15.8 Å². The molecule has 20 heavy (non-hydrogen) atoms. The lowest BCUT2D eigenvalue weighted by Crippen LogP contribution is -2.01. The average Bonchev–Trinajstić information content (AvgIpc) is 2.73. The monoisotopic (exact) mass is 292 g/mol. The maximum atomic E-state index is 11.0. The van der Waals surface area contributed by atoms with Crippen molar-refractivity contribution in [3.05, 3.63) is 29.6 Å². The Morgan fingerprint density at radius 2 is 2.15 bits per heavy atom. The number of carbonyl (C=O) groups is 1. The minimum Gasteiger partial charge on any atom is -0.478 e. The van der Waals surface area contributed by atoms with Gasteiger partial charge in [-0.05, 0) is 50.0 Å². The second-order valence-electron chi connectivity index (χ2n) is 4.87. The van der Waals surface area contributed by atoms with E-state index in [9.17, 15) is 4.79 Å². The van der Waals surface area contributed by atoms with E-state index >= 15 is 0 Å². The molecule has 108 valence electrons. The second kappa shape index (κ2) is 6.79. The number of hydrogen-bond acceptors (Lipinski definition) is 3. The molecule has 0 saturated heterocycles. The van der Waals surface area contributed by atoms with Gasteiger partial charge in [0.15, 0.2) is 0 Å². The SMILES string of the molecule is CSCCCCCn1c(C)nc2cc(C(=O)O)ccc21. The van der Waals surface area contributed by atoms with Crippen LogP contribution in [0.4, 0.5) is 0 Å². The van der Waals surface area contributed by atoms with Crippen molar-refractivity contribution < 1.29 is 9.90 Å². The molecule has 0 spiro atoms. The van der Waals surface area contributed by atoms with Crippen LogP contribution in [0.3, 0.4) is 0 Å². The first kappa shape index (κ1) is 14.9. The molecule has 4 nitrogen and oxygen atoms in total. The van der Waals surface area contributed by atoms with Crippen LogP contribution < -0.4 is 0 Å². The van der Waals surface area contributed by atoms with Crippen LogP contribution >= 0.6 is 11.8 Å². The summed E-state index contributed by atoms with van der Waals surface area (Å²) in [5, 5.41) is 9.01. The van der Waals surface area contributed by atoms with E-state index in [1.165, 1.54) is 18.6 Å². The number of nitrogens with zero attached hydrogens (tertiary/aromatic N) is 2. The molecular formula is C15H20N2O2S. The summed E-state index contributed by atoms with van der Waals surface area (Å²) in [5.41, 5.74) is 2.09. The van der Waals surface area contributed by atoms with E-state index in [0.29, 0.717) is 5.56 Å². The molecule has 0 aliphatic rings. The number of rotatable bonds is 7.